The fraction of sp³-hybridized carbons (Fsp3) is 0.211. The number of nitrogens with one attached hydrogen (secondary N) is 2. The molecular formula is C19H18FN5O. The quantitative estimate of drug-likeness (QED) is 0.760. The lowest BCUT2D eigenvalue weighted by Crippen LogP contribution is -2.25. The van der Waals surface area contributed by atoms with Crippen molar-refractivity contribution in [3.63, 3.8) is 0 Å². The van der Waals surface area contributed by atoms with E-state index >= 15 is 0 Å². The molecule has 0 bridgehead atoms. The number of rotatable bonds is 3. The second-order valence-electron chi connectivity index (χ2n) is 6.86. The molecule has 2 N–H and O–H groups in total. The first kappa shape index (κ1) is 16.3. The Kier molecular flexibility index (Phi) is 3.54. The van der Waals surface area contributed by atoms with E-state index in [0.717, 1.165) is 5.70 Å². The lowest BCUT2D eigenvalue weighted by molar-refractivity contribution is 0.585. The van der Waals surface area contributed by atoms with Gasteiger partial charge in [-0.3, -0.25) is 9.48 Å². The van der Waals surface area contributed by atoms with Crippen molar-refractivity contribution in [1.82, 2.24) is 19.7 Å². The minimum atomic E-state index is -0.487. The third-order valence-corrected chi connectivity index (χ3v) is 4.74. The van der Waals surface area contributed by atoms with Gasteiger partial charge < -0.3 is 10.3 Å². The van der Waals surface area contributed by atoms with Crippen LogP contribution in [0.1, 0.15) is 25.0 Å². The number of hydrogen-bond acceptors (Lipinski definition) is 4. The first-order valence-corrected chi connectivity index (χ1v) is 8.24. The van der Waals surface area contributed by atoms with Crippen molar-refractivity contribution >= 4 is 5.82 Å². The average molecular weight is 351 g/mol. The van der Waals surface area contributed by atoms with Crippen molar-refractivity contribution in [3.05, 3.63) is 76.1 Å². The summed E-state index contributed by atoms with van der Waals surface area (Å²) in [5, 5.41) is 7.49. The third-order valence-electron chi connectivity index (χ3n) is 4.74. The number of hydrogen-bond donors (Lipinski definition) is 2. The SMILES string of the molecule is C=C1Nc2nc(-c3ccn(Cc4ccccc4F)n3)[nH]c(=O)c2C1(C)C. The highest BCUT2D eigenvalue weighted by Crippen LogP contribution is 2.39. The van der Waals surface area contributed by atoms with Gasteiger partial charge >= 0.3 is 0 Å². The first-order chi connectivity index (χ1) is 12.4. The van der Waals surface area contributed by atoms with Gasteiger partial charge in [0.25, 0.3) is 5.56 Å². The third kappa shape index (κ3) is 2.52. The van der Waals surface area contributed by atoms with E-state index in [2.05, 4.69) is 27.0 Å². The van der Waals surface area contributed by atoms with Crippen LogP contribution in [0.4, 0.5) is 10.2 Å². The minimum Gasteiger partial charge on any atom is -0.343 e. The van der Waals surface area contributed by atoms with Crippen LogP contribution < -0.4 is 10.9 Å². The molecule has 0 fully saturated rings. The highest BCUT2D eigenvalue weighted by atomic mass is 19.1. The Hall–Kier alpha value is -3.22. The minimum absolute atomic E-state index is 0.218. The summed E-state index contributed by atoms with van der Waals surface area (Å²) in [6.45, 7) is 8.11. The molecule has 3 heterocycles. The zero-order valence-corrected chi connectivity index (χ0v) is 14.5. The Morgan fingerprint density at radius 1 is 1.27 bits per heavy atom. The Balaban J connectivity index is 1.68. The van der Waals surface area contributed by atoms with Gasteiger partial charge in [-0.25, -0.2) is 9.37 Å². The van der Waals surface area contributed by atoms with Crippen LogP contribution in [0.2, 0.25) is 0 Å². The molecule has 0 radical (unpaired) electrons. The molecule has 7 heteroatoms. The molecule has 6 nitrogen and oxygen atoms in total. The van der Waals surface area contributed by atoms with Crippen molar-refractivity contribution in [2.24, 2.45) is 0 Å². The van der Waals surface area contributed by atoms with E-state index in [0.29, 0.717) is 35.0 Å². The number of aromatic nitrogens is 4. The maximum absolute atomic E-state index is 13.8. The van der Waals surface area contributed by atoms with Crippen LogP contribution in [0.25, 0.3) is 11.5 Å². The summed E-state index contributed by atoms with van der Waals surface area (Å²) < 4.78 is 15.4. The van der Waals surface area contributed by atoms with Crippen molar-refractivity contribution in [3.8, 4) is 11.5 Å². The molecule has 26 heavy (non-hydrogen) atoms. The topological polar surface area (TPSA) is 75.6 Å². The van der Waals surface area contributed by atoms with E-state index in [-0.39, 0.29) is 11.4 Å². The summed E-state index contributed by atoms with van der Waals surface area (Å²) >= 11 is 0. The van der Waals surface area contributed by atoms with E-state index in [9.17, 15) is 9.18 Å². The molecule has 4 rings (SSSR count). The second-order valence-corrected chi connectivity index (χ2v) is 6.86. The Morgan fingerprint density at radius 2 is 2.04 bits per heavy atom. The summed E-state index contributed by atoms with van der Waals surface area (Å²) in [4.78, 5) is 19.8. The van der Waals surface area contributed by atoms with Gasteiger partial charge in [0.05, 0.1) is 12.1 Å². The predicted molar refractivity (Wildman–Crippen MR) is 97.4 cm³/mol. The number of halogens is 1. The number of H-pyrrole nitrogens is 1. The van der Waals surface area contributed by atoms with E-state index in [1.807, 2.05) is 13.8 Å². The van der Waals surface area contributed by atoms with Crippen LogP contribution in [0.15, 0.2) is 53.6 Å². The fourth-order valence-electron chi connectivity index (χ4n) is 3.09. The van der Waals surface area contributed by atoms with Crippen LogP contribution >= 0.6 is 0 Å². The molecular weight excluding hydrogens is 333 g/mol. The molecule has 0 saturated carbocycles. The number of fused-ring (bicyclic) bond motifs is 1. The van der Waals surface area contributed by atoms with Crippen LogP contribution in [0.5, 0.6) is 0 Å². The number of benzene rings is 1. The smallest absolute Gasteiger partial charge is 0.257 e. The van der Waals surface area contributed by atoms with Crippen LogP contribution in [0, 0.1) is 5.82 Å². The zero-order valence-electron chi connectivity index (χ0n) is 14.5. The second kappa shape index (κ2) is 5.66. The van der Waals surface area contributed by atoms with Gasteiger partial charge in [-0.1, -0.05) is 24.8 Å². The molecule has 0 atom stereocenters. The van der Waals surface area contributed by atoms with Crippen molar-refractivity contribution in [2.75, 3.05) is 5.32 Å². The Labute approximate surface area is 149 Å². The molecule has 0 unspecified atom stereocenters. The largest absolute Gasteiger partial charge is 0.343 e. The van der Waals surface area contributed by atoms with Gasteiger partial charge in [0, 0.05) is 22.9 Å². The number of aromatic amines is 1. The monoisotopic (exact) mass is 351 g/mol. The molecule has 0 saturated heterocycles. The summed E-state index contributed by atoms with van der Waals surface area (Å²) in [6, 6.07) is 8.29. The molecule has 1 aliphatic rings. The predicted octanol–water partition coefficient (Wildman–Crippen LogP) is 3.04. The highest BCUT2D eigenvalue weighted by Gasteiger charge is 2.37. The first-order valence-electron chi connectivity index (χ1n) is 8.24. The van der Waals surface area contributed by atoms with Gasteiger partial charge in [-0.15, -0.1) is 0 Å². The fourth-order valence-corrected chi connectivity index (χ4v) is 3.09. The van der Waals surface area contributed by atoms with Crippen LogP contribution in [-0.2, 0) is 12.0 Å². The number of anilines is 1. The van der Waals surface area contributed by atoms with E-state index in [1.54, 1.807) is 35.1 Å². The van der Waals surface area contributed by atoms with Gasteiger partial charge in [0.2, 0.25) is 0 Å². The Morgan fingerprint density at radius 3 is 2.81 bits per heavy atom. The maximum Gasteiger partial charge on any atom is 0.257 e. The lowest BCUT2D eigenvalue weighted by atomic mass is 9.86. The summed E-state index contributed by atoms with van der Waals surface area (Å²) in [5.41, 5.74) is 1.64. The van der Waals surface area contributed by atoms with E-state index in [4.69, 9.17) is 0 Å². The van der Waals surface area contributed by atoms with Gasteiger partial charge in [0.1, 0.15) is 17.3 Å². The van der Waals surface area contributed by atoms with E-state index in [1.165, 1.54) is 6.07 Å². The van der Waals surface area contributed by atoms with Crippen LogP contribution in [-0.4, -0.2) is 19.7 Å². The highest BCUT2D eigenvalue weighted by molar-refractivity contribution is 5.65. The number of nitrogens with zero attached hydrogens (tertiary/aromatic N) is 3. The van der Waals surface area contributed by atoms with E-state index < -0.39 is 5.41 Å². The van der Waals surface area contributed by atoms with Gasteiger partial charge in [-0.05, 0) is 26.0 Å². The van der Waals surface area contributed by atoms with Crippen molar-refractivity contribution < 1.29 is 4.39 Å². The van der Waals surface area contributed by atoms with Crippen molar-refractivity contribution in [1.29, 1.82) is 0 Å². The number of allylic oxidation sites excluding steroid dienone is 1. The normalized spacial score (nSPS) is 15.0. The summed E-state index contributed by atoms with van der Waals surface area (Å²) in [6.07, 6.45) is 1.73. The molecule has 0 amide bonds. The van der Waals surface area contributed by atoms with Gasteiger partial charge in [0.15, 0.2) is 5.82 Å². The molecule has 2 aromatic heterocycles. The average Bonchev–Trinajstić information content (AvgIpc) is 3.13. The molecule has 1 aliphatic heterocycles. The molecule has 0 aliphatic carbocycles. The molecule has 3 aromatic rings. The maximum atomic E-state index is 13.8. The Bertz CT molecular complexity index is 1080. The zero-order chi connectivity index (χ0) is 18.5. The van der Waals surface area contributed by atoms with Crippen LogP contribution in [0.3, 0.4) is 0 Å². The van der Waals surface area contributed by atoms with Crippen molar-refractivity contribution in [2.45, 2.75) is 25.8 Å². The van der Waals surface area contributed by atoms with Gasteiger partial charge in [-0.2, -0.15) is 5.10 Å². The lowest BCUT2D eigenvalue weighted by Gasteiger charge is -2.17. The molecule has 0 spiro atoms. The summed E-state index contributed by atoms with van der Waals surface area (Å²) in [5.74, 6) is 0.583. The molecule has 1 aromatic carbocycles. The molecule has 132 valence electrons. The standard InChI is InChI=1S/C19H18FN5O/c1-11-19(2,3)15-17(21-11)22-16(23-18(15)26)14-8-9-25(24-14)10-12-6-4-5-7-13(12)20/h4-9H,1,10H2,2-3H3,(H2,21,22,23,26). The summed E-state index contributed by atoms with van der Waals surface area (Å²) in [7, 11) is 0.